The molecule has 0 spiro atoms. The molecule has 5 nitrogen and oxygen atoms in total. The van der Waals surface area contributed by atoms with E-state index in [2.05, 4.69) is 10.3 Å². The predicted molar refractivity (Wildman–Crippen MR) is 115 cm³/mol. The van der Waals surface area contributed by atoms with Gasteiger partial charge in [0.05, 0.1) is 17.1 Å². The SMILES string of the molecule is Cc1ccc(-c2nc(NC(=O)CN3C(=O)CSc4ccccc43)sc2C)cc1. The molecular weight excluding hydrogens is 390 g/mol. The van der Waals surface area contributed by atoms with Crippen LogP contribution >= 0.6 is 23.1 Å². The Hall–Kier alpha value is -2.64. The number of amides is 2. The van der Waals surface area contributed by atoms with Gasteiger partial charge in [0.25, 0.3) is 0 Å². The van der Waals surface area contributed by atoms with Crippen molar-refractivity contribution in [2.75, 3.05) is 22.5 Å². The molecule has 0 saturated carbocycles. The maximum absolute atomic E-state index is 12.6. The van der Waals surface area contributed by atoms with Gasteiger partial charge < -0.3 is 10.2 Å². The predicted octanol–water partition coefficient (Wildman–Crippen LogP) is 4.50. The fourth-order valence-corrected chi connectivity index (χ4v) is 4.85. The summed E-state index contributed by atoms with van der Waals surface area (Å²) in [5.74, 6) is 0.0341. The van der Waals surface area contributed by atoms with E-state index in [1.165, 1.54) is 28.7 Å². The Balaban J connectivity index is 1.50. The maximum Gasteiger partial charge on any atom is 0.246 e. The highest BCUT2D eigenvalue weighted by Crippen LogP contribution is 2.35. The molecule has 0 saturated heterocycles. The van der Waals surface area contributed by atoms with Crippen molar-refractivity contribution in [2.45, 2.75) is 18.7 Å². The molecule has 2 aromatic carbocycles. The number of carbonyl (C=O) groups is 2. The molecule has 1 aliphatic rings. The lowest BCUT2D eigenvalue weighted by Gasteiger charge is -2.28. The van der Waals surface area contributed by atoms with E-state index < -0.39 is 0 Å². The van der Waals surface area contributed by atoms with Crippen LogP contribution in [0.2, 0.25) is 0 Å². The number of benzene rings is 2. The van der Waals surface area contributed by atoms with E-state index in [1.54, 1.807) is 4.90 Å². The Morgan fingerprint density at radius 1 is 1.14 bits per heavy atom. The van der Waals surface area contributed by atoms with Gasteiger partial charge in [0.15, 0.2) is 5.13 Å². The van der Waals surface area contributed by atoms with Crippen molar-refractivity contribution in [3.63, 3.8) is 0 Å². The van der Waals surface area contributed by atoms with Gasteiger partial charge in [0, 0.05) is 15.3 Å². The van der Waals surface area contributed by atoms with Gasteiger partial charge in [-0.15, -0.1) is 23.1 Å². The van der Waals surface area contributed by atoms with Crippen molar-refractivity contribution in [3.8, 4) is 11.3 Å². The van der Waals surface area contributed by atoms with Crippen molar-refractivity contribution in [2.24, 2.45) is 0 Å². The number of anilines is 2. The second-order valence-corrected chi connectivity index (χ2v) is 8.79. The fraction of sp³-hybridized carbons (Fsp3) is 0.190. The number of nitrogens with one attached hydrogen (secondary N) is 1. The zero-order valence-corrected chi connectivity index (χ0v) is 17.2. The third-order valence-corrected chi connectivity index (χ3v) is 6.41. The Kier molecular flexibility index (Phi) is 5.19. The van der Waals surface area contributed by atoms with Crippen molar-refractivity contribution >= 4 is 45.7 Å². The number of nitrogens with zero attached hydrogens (tertiary/aromatic N) is 2. The first-order chi connectivity index (χ1) is 13.5. The smallest absolute Gasteiger partial charge is 0.246 e. The Morgan fingerprint density at radius 2 is 1.89 bits per heavy atom. The van der Waals surface area contributed by atoms with E-state index in [4.69, 9.17) is 0 Å². The minimum Gasteiger partial charge on any atom is -0.301 e. The van der Waals surface area contributed by atoms with E-state index >= 15 is 0 Å². The summed E-state index contributed by atoms with van der Waals surface area (Å²) in [6, 6.07) is 15.8. The molecule has 0 atom stereocenters. The van der Waals surface area contributed by atoms with Crippen LogP contribution in [0.5, 0.6) is 0 Å². The van der Waals surface area contributed by atoms with Crippen LogP contribution in [0.3, 0.4) is 0 Å². The summed E-state index contributed by atoms with van der Waals surface area (Å²) in [6.07, 6.45) is 0. The van der Waals surface area contributed by atoms with Crippen LogP contribution in [0.25, 0.3) is 11.3 Å². The molecule has 142 valence electrons. The van der Waals surface area contributed by atoms with Crippen LogP contribution in [0, 0.1) is 13.8 Å². The molecular formula is C21H19N3O2S2. The molecule has 0 fully saturated rings. The Bertz CT molecular complexity index is 1040. The highest BCUT2D eigenvalue weighted by molar-refractivity contribution is 8.00. The van der Waals surface area contributed by atoms with Gasteiger partial charge >= 0.3 is 0 Å². The Labute approximate surface area is 171 Å². The summed E-state index contributed by atoms with van der Waals surface area (Å²) in [6.45, 7) is 4.01. The normalized spacial score (nSPS) is 13.4. The monoisotopic (exact) mass is 409 g/mol. The third-order valence-electron chi connectivity index (χ3n) is 4.48. The molecule has 1 aliphatic heterocycles. The number of thioether (sulfide) groups is 1. The van der Waals surface area contributed by atoms with Gasteiger partial charge in [-0.05, 0) is 26.0 Å². The van der Waals surface area contributed by atoms with Gasteiger partial charge in [0.1, 0.15) is 6.54 Å². The highest BCUT2D eigenvalue weighted by atomic mass is 32.2. The molecule has 1 N–H and O–H groups in total. The van der Waals surface area contributed by atoms with E-state index in [9.17, 15) is 9.59 Å². The number of aryl methyl sites for hydroxylation is 2. The van der Waals surface area contributed by atoms with Crippen LogP contribution < -0.4 is 10.2 Å². The fourth-order valence-electron chi connectivity index (χ4n) is 3.06. The molecule has 3 aromatic rings. The molecule has 2 amide bonds. The summed E-state index contributed by atoms with van der Waals surface area (Å²) in [5, 5.41) is 3.40. The summed E-state index contributed by atoms with van der Waals surface area (Å²) < 4.78 is 0. The van der Waals surface area contributed by atoms with E-state index in [0.717, 1.165) is 26.7 Å². The van der Waals surface area contributed by atoms with Crippen molar-refractivity contribution < 1.29 is 9.59 Å². The van der Waals surface area contributed by atoms with Crippen molar-refractivity contribution in [1.29, 1.82) is 0 Å². The molecule has 2 heterocycles. The second-order valence-electron chi connectivity index (χ2n) is 6.57. The number of fused-ring (bicyclic) bond motifs is 1. The lowest BCUT2D eigenvalue weighted by atomic mass is 10.1. The van der Waals surface area contributed by atoms with Gasteiger partial charge in [0.2, 0.25) is 11.8 Å². The van der Waals surface area contributed by atoms with E-state index in [1.807, 2.05) is 62.4 Å². The van der Waals surface area contributed by atoms with Gasteiger partial charge in [-0.1, -0.05) is 42.0 Å². The number of para-hydroxylation sites is 1. The molecule has 28 heavy (non-hydrogen) atoms. The average molecular weight is 410 g/mol. The van der Waals surface area contributed by atoms with Gasteiger partial charge in [-0.25, -0.2) is 4.98 Å². The summed E-state index contributed by atoms with van der Waals surface area (Å²) in [7, 11) is 0. The minimum absolute atomic E-state index is 0.0189. The summed E-state index contributed by atoms with van der Waals surface area (Å²) in [5.41, 5.74) is 3.87. The third kappa shape index (κ3) is 3.81. The van der Waals surface area contributed by atoms with E-state index in [0.29, 0.717) is 10.9 Å². The number of thiazole rings is 1. The van der Waals surface area contributed by atoms with E-state index in [-0.39, 0.29) is 18.4 Å². The van der Waals surface area contributed by atoms with Crippen LogP contribution in [0.15, 0.2) is 53.4 Å². The molecule has 0 aliphatic carbocycles. The molecule has 0 unspecified atom stereocenters. The first-order valence-electron chi connectivity index (χ1n) is 8.88. The lowest BCUT2D eigenvalue weighted by molar-refractivity contribution is -0.120. The van der Waals surface area contributed by atoms with Gasteiger partial charge in [-0.2, -0.15) is 0 Å². The zero-order valence-electron chi connectivity index (χ0n) is 15.6. The molecule has 0 radical (unpaired) electrons. The number of aromatic nitrogens is 1. The lowest BCUT2D eigenvalue weighted by Crippen LogP contribution is -2.41. The molecule has 7 heteroatoms. The van der Waals surface area contributed by atoms with Crippen molar-refractivity contribution in [1.82, 2.24) is 4.98 Å². The van der Waals surface area contributed by atoms with Crippen LogP contribution in [-0.2, 0) is 9.59 Å². The number of carbonyl (C=O) groups excluding carboxylic acids is 2. The van der Waals surface area contributed by atoms with Crippen LogP contribution in [-0.4, -0.2) is 29.1 Å². The largest absolute Gasteiger partial charge is 0.301 e. The standard InChI is InChI=1S/C21H19N3O2S2/c1-13-7-9-15(10-8-13)20-14(2)28-21(23-20)22-18(25)11-24-16-5-3-4-6-17(16)27-12-19(24)26/h3-10H,11-12H2,1-2H3,(H,22,23,25). The first-order valence-corrected chi connectivity index (χ1v) is 10.7. The zero-order chi connectivity index (χ0) is 19.7. The first kappa shape index (κ1) is 18.7. The quantitative estimate of drug-likeness (QED) is 0.689. The molecule has 0 bridgehead atoms. The summed E-state index contributed by atoms with van der Waals surface area (Å²) >= 11 is 2.94. The topological polar surface area (TPSA) is 62.3 Å². The van der Waals surface area contributed by atoms with Crippen LogP contribution in [0.1, 0.15) is 10.4 Å². The summed E-state index contributed by atoms with van der Waals surface area (Å²) in [4.78, 5) is 33.1. The number of rotatable bonds is 4. The minimum atomic E-state index is -0.251. The Morgan fingerprint density at radius 3 is 2.68 bits per heavy atom. The highest BCUT2D eigenvalue weighted by Gasteiger charge is 2.26. The van der Waals surface area contributed by atoms with Crippen LogP contribution in [0.4, 0.5) is 10.8 Å². The second kappa shape index (κ2) is 7.77. The maximum atomic E-state index is 12.6. The van der Waals surface area contributed by atoms with Gasteiger partial charge in [-0.3, -0.25) is 9.59 Å². The molecule has 1 aromatic heterocycles. The molecule has 4 rings (SSSR count). The average Bonchev–Trinajstić information content (AvgIpc) is 3.04. The van der Waals surface area contributed by atoms with Crippen molar-refractivity contribution in [3.05, 3.63) is 59.0 Å². The number of hydrogen-bond donors (Lipinski definition) is 1. The number of hydrogen-bond acceptors (Lipinski definition) is 5.